The van der Waals surface area contributed by atoms with E-state index in [9.17, 15) is 14.3 Å². The van der Waals surface area contributed by atoms with Crippen LogP contribution in [0.25, 0.3) is 0 Å². The van der Waals surface area contributed by atoms with Crippen LogP contribution in [0.2, 0.25) is 0 Å². The molecule has 5 heteroatoms. The van der Waals surface area contributed by atoms with E-state index in [-0.39, 0.29) is 23.0 Å². The highest BCUT2D eigenvalue weighted by molar-refractivity contribution is 9.10. The van der Waals surface area contributed by atoms with Gasteiger partial charge in [-0.2, -0.15) is 0 Å². The van der Waals surface area contributed by atoms with Crippen molar-refractivity contribution in [2.75, 3.05) is 6.54 Å². The van der Waals surface area contributed by atoms with E-state index in [0.29, 0.717) is 23.0 Å². The predicted octanol–water partition coefficient (Wildman–Crippen LogP) is 3.27. The van der Waals surface area contributed by atoms with Crippen molar-refractivity contribution in [2.45, 2.75) is 6.42 Å². The molecule has 2 aromatic rings. The van der Waals surface area contributed by atoms with Gasteiger partial charge < -0.3 is 10.4 Å². The van der Waals surface area contributed by atoms with Gasteiger partial charge in [-0.25, -0.2) is 4.39 Å². The van der Waals surface area contributed by atoms with Gasteiger partial charge in [0.1, 0.15) is 11.6 Å². The monoisotopic (exact) mass is 337 g/mol. The van der Waals surface area contributed by atoms with Crippen LogP contribution in [0.4, 0.5) is 4.39 Å². The molecule has 0 saturated carbocycles. The summed E-state index contributed by atoms with van der Waals surface area (Å²) in [5.41, 5.74) is 0.745. The maximum atomic E-state index is 13.4. The summed E-state index contributed by atoms with van der Waals surface area (Å²) in [5.74, 6) is -0.762. The minimum absolute atomic E-state index is 0.0947. The number of halogens is 2. The molecule has 2 aromatic carbocycles. The van der Waals surface area contributed by atoms with Crippen LogP contribution in [0.15, 0.2) is 46.9 Å². The lowest BCUT2D eigenvalue weighted by Crippen LogP contribution is -2.25. The fourth-order valence-electron chi connectivity index (χ4n) is 1.80. The van der Waals surface area contributed by atoms with Gasteiger partial charge >= 0.3 is 0 Å². The summed E-state index contributed by atoms with van der Waals surface area (Å²) in [7, 11) is 0. The zero-order chi connectivity index (χ0) is 14.5. The third-order valence-corrected chi connectivity index (χ3v) is 3.34. The van der Waals surface area contributed by atoms with Gasteiger partial charge in [0.05, 0.1) is 5.56 Å². The van der Waals surface area contributed by atoms with Crippen molar-refractivity contribution in [2.24, 2.45) is 0 Å². The molecule has 0 aliphatic rings. The zero-order valence-electron chi connectivity index (χ0n) is 10.6. The minimum atomic E-state index is -0.383. The Morgan fingerprint density at radius 1 is 1.25 bits per heavy atom. The highest BCUT2D eigenvalue weighted by Crippen LogP contribution is 2.22. The first kappa shape index (κ1) is 14.5. The van der Waals surface area contributed by atoms with Crippen molar-refractivity contribution in [1.29, 1.82) is 0 Å². The lowest BCUT2D eigenvalue weighted by Gasteiger charge is -2.07. The molecule has 3 nitrogen and oxygen atoms in total. The quantitative estimate of drug-likeness (QED) is 0.899. The van der Waals surface area contributed by atoms with Gasteiger partial charge in [0.25, 0.3) is 5.91 Å². The van der Waals surface area contributed by atoms with Crippen LogP contribution < -0.4 is 5.32 Å². The highest BCUT2D eigenvalue weighted by Gasteiger charge is 2.11. The van der Waals surface area contributed by atoms with E-state index in [0.717, 1.165) is 0 Å². The van der Waals surface area contributed by atoms with E-state index in [2.05, 4.69) is 21.2 Å². The highest BCUT2D eigenvalue weighted by atomic mass is 79.9. The first-order chi connectivity index (χ1) is 9.58. The number of benzene rings is 2. The normalized spacial score (nSPS) is 10.3. The standard InChI is InChI=1S/C15H13BrFNO2/c16-11-5-6-12(14(19)9-11)15(20)18-8-7-10-3-1-2-4-13(10)17/h1-6,9,19H,7-8H2,(H,18,20). The van der Waals surface area contributed by atoms with Gasteiger partial charge in [-0.1, -0.05) is 34.1 Å². The summed E-state index contributed by atoms with van der Waals surface area (Å²) in [6.07, 6.45) is 0.399. The largest absolute Gasteiger partial charge is 0.507 e. The Balaban J connectivity index is 1.94. The third kappa shape index (κ3) is 3.57. The molecule has 0 spiro atoms. The fraction of sp³-hybridized carbons (Fsp3) is 0.133. The molecule has 104 valence electrons. The molecule has 0 unspecified atom stereocenters. The Labute approximate surface area is 124 Å². The van der Waals surface area contributed by atoms with E-state index in [1.54, 1.807) is 24.3 Å². The molecular formula is C15H13BrFNO2. The van der Waals surface area contributed by atoms with Crippen molar-refractivity contribution in [3.63, 3.8) is 0 Å². The van der Waals surface area contributed by atoms with Crippen molar-refractivity contribution < 1.29 is 14.3 Å². The number of hydrogen-bond acceptors (Lipinski definition) is 2. The van der Waals surface area contributed by atoms with E-state index < -0.39 is 0 Å². The van der Waals surface area contributed by atoms with Crippen LogP contribution in [0.3, 0.4) is 0 Å². The summed E-state index contributed by atoms with van der Waals surface area (Å²) < 4.78 is 14.1. The molecule has 2 rings (SSSR count). The third-order valence-electron chi connectivity index (χ3n) is 2.84. The molecule has 0 heterocycles. The topological polar surface area (TPSA) is 49.3 Å². The van der Waals surface area contributed by atoms with Crippen LogP contribution >= 0.6 is 15.9 Å². The Kier molecular flexibility index (Phi) is 4.74. The van der Waals surface area contributed by atoms with Crippen LogP contribution in [-0.4, -0.2) is 17.6 Å². The second-order valence-electron chi connectivity index (χ2n) is 4.26. The molecule has 0 aliphatic carbocycles. The van der Waals surface area contributed by atoms with Crippen LogP contribution in [-0.2, 0) is 6.42 Å². The van der Waals surface area contributed by atoms with Gasteiger partial charge in [0.15, 0.2) is 0 Å². The second kappa shape index (κ2) is 6.52. The SMILES string of the molecule is O=C(NCCc1ccccc1F)c1ccc(Br)cc1O. The molecule has 0 bridgehead atoms. The number of carbonyl (C=O) groups is 1. The summed E-state index contributed by atoms with van der Waals surface area (Å²) >= 11 is 3.20. The first-order valence-electron chi connectivity index (χ1n) is 6.08. The molecule has 0 aromatic heterocycles. The Bertz CT molecular complexity index is 631. The number of rotatable bonds is 4. The van der Waals surface area contributed by atoms with E-state index in [4.69, 9.17) is 0 Å². The number of carbonyl (C=O) groups excluding carboxylic acids is 1. The van der Waals surface area contributed by atoms with Gasteiger partial charge in [0, 0.05) is 11.0 Å². The van der Waals surface area contributed by atoms with E-state index >= 15 is 0 Å². The molecule has 1 amide bonds. The molecule has 0 fully saturated rings. The van der Waals surface area contributed by atoms with Crippen molar-refractivity contribution >= 4 is 21.8 Å². The predicted molar refractivity (Wildman–Crippen MR) is 78.2 cm³/mol. The fourth-order valence-corrected chi connectivity index (χ4v) is 2.15. The summed E-state index contributed by atoms with van der Waals surface area (Å²) in [6, 6.07) is 11.1. The van der Waals surface area contributed by atoms with Gasteiger partial charge in [0.2, 0.25) is 0 Å². The number of hydrogen-bond donors (Lipinski definition) is 2. The Morgan fingerprint density at radius 2 is 2.00 bits per heavy atom. The average molecular weight is 338 g/mol. The van der Waals surface area contributed by atoms with Crippen molar-refractivity contribution in [3.8, 4) is 5.75 Å². The zero-order valence-corrected chi connectivity index (χ0v) is 12.2. The second-order valence-corrected chi connectivity index (χ2v) is 5.17. The Morgan fingerprint density at radius 3 is 2.70 bits per heavy atom. The smallest absolute Gasteiger partial charge is 0.255 e. The first-order valence-corrected chi connectivity index (χ1v) is 6.87. The molecule has 0 radical (unpaired) electrons. The summed E-state index contributed by atoms with van der Waals surface area (Å²) in [5, 5.41) is 12.3. The number of phenols is 1. The van der Waals surface area contributed by atoms with Gasteiger partial charge in [-0.05, 0) is 36.2 Å². The van der Waals surface area contributed by atoms with Crippen LogP contribution in [0, 0.1) is 5.82 Å². The van der Waals surface area contributed by atoms with E-state index in [1.165, 1.54) is 18.2 Å². The molecule has 0 saturated heterocycles. The van der Waals surface area contributed by atoms with Crippen molar-refractivity contribution in [1.82, 2.24) is 5.32 Å². The van der Waals surface area contributed by atoms with Gasteiger partial charge in [-0.3, -0.25) is 4.79 Å². The lowest BCUT2D eigenvalue weighted by molar-refractivity contribution is 0.0951. The maximum Gasteiger partial charge on any atom is 0.255 e. The number of amides is 1. The maximum absolute atomic E-state index is 13.4. The Hall–Kier alpha value is -1.88. The summed E-state index contributed by atoms with van der Waals surface area (Å²) in [4.78, 5) is 11.9. The lowest BCUT2D eigenvalue weighted by atomic mass is 10.1. The average Bonchev–Trinajstić information content (AvgIpc) is 2.40. The molecule has 0 aliphatic heterocycles. The van der Waals surface area contributed by atoms with E-state index in [1.807, 2.05) is 0 Å². The number of phenolic OH excluding ortho intramolecular Hbond substituents is 1. The van der Waals surface area contributed by atoms with Crippen LogP contribution in [0.1, 0.15) is 15.9 Å². The molecule has 0 atom stereocenters. The van der Waals surface area contributed by atoms with Gasteiger partial charge in [-0.15, -0.1) is 0 Å². The summed E-state index contributed by atoms with van der Waals surface area (Å²) in [6.45, 7) is 0.301. The number of nitrogens with one attached hydrogen (secondary N) is 1. The molecule has 20 heavy (non-hydrogen) atoms. The van der Waals surface area contributed by atoms with Crippen LogP contribution in [0.5, 0.6) is 5.75 Å². The molecule has 2 N–H and O–H groups in total. The minimum Gasteiger partial charge on any atom is -0.507 e. The molecular weight excluding hydrogens is 325 g/mol. The number of aromatic hydroxyl groups is 1. The van der Waals surface area contributed by atoms with Crippen molar-refractivity contribution in [3.05, 3.63) is 63.9 Å².